The lowest BCUT2D eigenvalue weighted by molar-refractivity contribution is -0.151. The largest absolute Gasteiger partial charge is 0.469 e. The second-order valence-electron chi connectivity index (χ2n) is 5.12. The number of hydrogen-bond donors (Lipinski definition) is 0. The lowest BCUT2D eigenvalue weighted by atomic mass is 10.1. The van der Waals surface area contributed by atoms with Gasteiger partial charge in [0.1, 0.15) is 6.04 Å². The molecule has 0 saturated carbocycles. The van der Waals surface area contributed by atoms with E-state index < -0.39 is 23.9 Å². The van der Waals surface area contributed by atoms with Gasteiger partial charge in [0.15, 0.2) is 0 Å². The zero-order chi connectivity index (χ0) is 17.9. The summed E-state index contributed by atoms with van der Waals surface area (Å²) < 4.78 is 14.1. The lowest BCUT2D eigenvalue weighted by Crippen LogP contribution is -2.44. The number of methoxy groups -OCH3 is 3. The van der Waals surface area contributed by atoms with Crippen molar-refractivity contribution in [2.75, 3.05) is 27.9 Å². The van der Waals surface area contributed by atoms with Crippen molar-refractivity contribution < 1.29 is 28.6 Å². The summed E-state index contributed by atoms with van der Waals surface area (Å²) in [6.07, 6.45) is 0.228. The molecule has 0 aliphatic heterocycles. The van der Waals surface area contributed by atoms with E-state index >= 15 is 0 Å². The second-order valence-corrected chi connectivity index (χ2v) is 5.12. The monoisotopic (exact) mass is 337 g/mol. The molecule has 0 amide bonds. The van der Waals surface area contributed by atoms with E-state index in [1.54, 1.807) is 4.90 Å². The average molecular weight is 337 g/mol. The van der Waals surface area contributed by atoms with Gasteiger partial charge in [0.05, 0.1) is 27.9 Å². The van der Waals surface area contributed by atoms with Crippen LogP contribution >= 0.6 is 0 Å². The number of carbonyl (C=O) groups is 3. The molecule has 24 heavy (non-hydrogen) atoms. The summed E-state index contributed by atoms with van der Waals surface area (Å²) >= 11 is 0. The van der Waals surface area contributed by atoms with E-state index in [-0.39, 0.29) is 19.4 Å². The zero-order valence-corrected chi connectivity index (χ0v) is 14.2. The highest BCUT2D eigenvalue weighted by Gasteiger charge is 2.29. The molecule has 0 bridgehead atoms. The molecule has 0 fully saturated rings. The summed E-state index contributed by atoms with van der Waals surface area (Å²) in [5.41, 5.74) is 0.924. The Balaban J connectivity index is 2.96. The van der Waals surface area contributed by atoms with Crippen molar-refractivity contribution in [1.29, 1.82) is 0 Å². The van der Waals surface area contributed by atoms with E-state index in [4.69, 9.17) is 9.47 Å². The van der Waals surface area contributed by atoms with Crippen LogP contribution in [0.5, 0.6) is 0 Å². The van der Waals surface area contributed by atoms with E-state index in [0.29, 0.717) is 6.54 Å². The summed E-state index contributed by atoms with van der Waals surface area (Å²) in [4.78, 5) is 36.9. The van der Waals surface area contributed by atoms with E-state index in [2.05, 4.69) is 4.74 Å². The van der Waals surface area contributed by atoms with Gasteiger partial charge in [0.25, 0.3) is 0 Å². The second kappa shape index (κ2) is 10.4. The quantitative estimate of drug-likeness (QED) is 0.494. The molecule has 0 unspecified atom stereocenters. The van der Waals surface area contributed by atoms with Gasteiger partial charge in [-0.05, 0) is 12.0 Å². The Morgan fingerprint density at radius 1 is 0.958 bits per heavy atom. The van der Waals surface area contributed by atoms with Crippen LogP contribution in [0.1, 0.15) is 18.4 Å². The Hall–Kier alpha value is -2.41. The molecule has 0 saturated heterocycles. The number of carbonyl (C=O) groups excluding carboxylic acids is 3. The number of ether oxygens (including phenoxy) is 3. The number of esters is 3. The zero-order valence-electron chi connectivity index (χ0n) is 14.2. The smallest absolute Gasteiger partial charge is 0.323 e. The van der Waals surface area contributed by atoms with Gasteiger partial charge in [-0.25, -0.2) is 0 Å². The van der Waals surface area contributed by atoms with Gasteiger partial charge in [-0.2, -0.15) is 0 Å². The molecule has 0 radical (unpaired) electrons. The van der Waals surface area contributed by atoms with Crippen molar-refractivity contribution in [3.63, 3.8) is 0 Å². The van der Waals surface area contributed by atoms with Gasteiger partial charge in [-0.1, -0.05) is 30.3 Å². The van der Waals surface area contributed by atoms with Crippen molar-refractivity contribution in [2.24, 2.45) is 0 Å². The standard InChI is InChI=1S/C17H23NO6/c1-22-15(19)10-9-14(17(21)24-3)18(12-16(20)23-2)11-13-7-5-4-6-8-13/h4-8,14H,9-12H2,1-3H3/t14-/m0/s1. The molecule has 7 heteroatoms. The van der Waals surface area contributed by atoms with Crippen LogP contribution in [0.15, 0.2) is 30.3 Å². The maximum absolute atomic E-state index is 12.1. The van der Waals surface area contributed by atoms with Crippen molar-refractivity contribution >= 4 is 17.9 Å². The first kappa shape index (κ1) is 19.6. The van der Waals surface area contributed by atoms with Crippen molar-refractivity contribution in [3.05, 3.63) is 35.9 Å². The third kappa shape index (κ3) is 6.37. The Kier molecular flexibility index (Phi) is 8.49. The molecule has 1 aromatic rings. The lowest BCUT2D eigenvalue weighted by Gasteiger charge is -2.28. The van der Waals surface area contributed by atoms with Crippen LogP contribution in [0.4, 0.5) is 0 Å². The molecular formula is C17H23NO6. The number of rotatable bonds is 9. The Morgan fingerprint density at radius 2 is 1.58 bits per heavy atom. The molecule has 132 valence electrons. The normalized spacial score (nSPS) is 11.7. The van der Waals surface area contributed by atoms with Crippen LogP contribution in [0, 0.1) is 0 Å². The van der Waals surface area contributed by atoms with Crippen LogP contribution in [-0.2, 0) is 35.1 Å². The van der Waals surface area contributed by atoms with E-state index in [0.717, 1.165) is 5.56 Å². The fraction of sp³-hybridized carbons (Fsp3) is 0.471. The molecule has 0 N–H and O–H groups in total. The van der Waals surface area contributed by atoms with E-state index in [1.807, 2.05) is 30.3 Å². The van der Waals surface area contributed by atoms with Gasteiger partial charge in [-0.3, -0.25) is 19.3 Å². The van der Waals surface area contributed by atoms with Crippen molar-refractivity contribution in [1.82, 2.24) is 4.90 Å². The summed E-state index contributed by atoms with van der Waals surface area (Å²) in [7, 11) is 3.84. The molecule has 0 aliphatic carbocycles. The molecule has 0 aliphatic rings. The summed E-state index contributed by atoms with van der Waals surface area (Å²) in [5.74, 6) is -1.42. The SMILES string of the molecule is COC(=O)CC[C@@H](C(=O)OC)N(CC(=O)OC)Cc1ccccc1. The molecular weight excluding hydrogens is 314 g/mol. The highest BCUT2D eigenvalue weighted by Crippen LogP contribution is 2.15. The predicted molar refractivity (Wildman–Crippen MR) is 85.9 cm³/mol. The minimum Gasteiger partial charge on any atom is -0.469 e. The molecule has 1 atom stereocenters. The molecule has 0 aromatic heterocycles. The van der Waals surface area contributed by atoms with Gasteiger partial charge in [-0.15, -0.1) is 0 Å². The molecule has 7 nitrogen and oxygen atoms in total. The van der Waals surface area contributed by atoms with Crippen LogP contribution in [0.25, 0.3) is 0 Å². The molecule has 1 rings (SSSR count). The Morgan fingerprint density at radius 3 is 2.12 bits per heavy atom. The minimum absolute atomic E-state index is 0.0444. The van der Waals surface area contributed by atoms with Gasteiger partial charge in [0.2, 0.25) is 0 Å². The van der Waals surface area contributed by atoms with Gasteiger partial charge >= 0.3 is 17.9 Å². The third-order valence-electron chi connectivity index (χ3n) is 3.55. The summed E-state index contributed by atoms with van der Waals surface area (Å²) in [6, 6.07) is 8.63. The van der Waals surface area contributed by atoms with E-state index in [1.165, 1.54) is 21.3 Å². The highest BCUT2D eigenvalue weighted by atomic mass is 16.5. The number of nitrogens with zero attached hydrogens (tertiary/aromatic N) is 1. The fourth-order valence-electron chi connectivity index (χ4n) is 2.27. The summed E-state index contributed by atoms with van der Waals surface area (Å²) in [6.45, 7) is 0.253. The van der Waals surface area contributed by atoms with Crippen molar-refractivity contribution in [3.8, 4) is 0 Å². The summed E-state index contributed by atoms with van der Waals surface area (Å²) in [5, 5.41) is 0. The number of hydrogen-bond acceptors (Lipinski definition) is 7. The average Bonchev–Trinajstić information content (AvgIpc) is 2.61. The van der Waals surface area contributed by atoms with Crippen LogP contribution in [0.3, 0.4) is 0 Å². The first-order chi connectivity index (χ1) is 11.5. The highest BCUT2D eigenvalue weighted by molar-refractivity contribution is 5.78. The van der Waals surface area contributed by atoms with Gasteiger partial charge < -0.3 is 14.2 Å². The predicted octanol–water partition coefficient (Wildman–Crippen LogP) is 1.16. The first-order valence-electron chi connectivity index (χ1n) is 7.51. The molecule has 0 heterocycles. The number of benzene rings is 1. The third-order valence-corrected chi connectivity index (χ3v) is 3.55. The fourth-order valence-corrected chi connectivity index (χ4v) is 2.27. The minimum atomic E-state index is -0.756. The topological polar surface area (TPSA) is 82.1 Å². The van der Waals surface area contributed by atoms with Crippen LogP contribution < -0.4 is 0 Å². The molecule has 0 spiro atoms. The van der Waals surface area contributed by atoms with Gasteiger partial charge in [0, 0.05) is 13.0 Å². The van der Waals surface area contributed by atoms with Crippen molar-refractivity contribution in [2.45, 2.75) is 25.4 Å². The first-order valence-corrected chi connectivity index (χ1v) is 7.51. The van der Waals surface area contributed by atoms with Crippen LogP contribution in [-0.4, -0.2) is 56.7 Å². The maximum Gasteiger partial charge on any atom is 0.323 e. The molecule has 1 aromatic carbocycles. The van der Waals surface area contributed by atoms with E-state index in [9.17, 15) is 14.4 Å². The Bertz CT molecular complexity index is 545. The Labute approximate surface area is 141 Å². The maximum atomic E-state index is 12.1. The van der Waals surface area contributed by atoms with Crippen LogP contribution in [0.2, 0.25) is 0 Å².